The van der Waals surface area contributed by atoms with E-state index in [9.17, 15) is 14.4 Å². The van der Waals surface area contributed by atoms with Gasteiger partial charge in [-0.1, -0.05) is 23.7 Å². The van der Waals surface area contributed by atoms with Gasteiger partial charge in [-0.15, -0.1) is 0 Å². The third-order valence-electron chi connectivity index (χ3n) is 5.80. The summed E-state index contributed by atoms with van der Waals surface area (Å²) in [6.07, 6.45) is 2.37. The van der Waals surface area contributed by atoms with Crippen LogP contribution < -0.4 is 15.4 Å². The molecule has 2 N–H and O–H groups in total. The average Bonchev–Trinajstić information content (AvgIpc) is 3.22. The summed E-state index contributed by atoms with van der Waals surface area (Å²) in [4.78, 5) is 39.6. The molecule has 2 atom stereocenters. The second-order valence-corrected chi connectivity index (χ2v) is 8.55. The van der Waals surface area contributed by atoms with E-state index in [1.54, 1.807) is 32.0 Å². The van der Waals surface area contributed by atoms with Crippen molar-refractivity contribution in [1.82, 2.24) is 20.7 Å². The molecule has 0 unspecified atom stereocenters. The number of carbonyl (C=O) groups is 3. The minimum atomic E-state index is -0.417. The number of aryl methyl sites for hydroxylation is 1. The lowest BCUT2D eigenvalue weighted by atomic mass is 9.96. The average molecular weight is 457 g/mol. The van der Waals surface area contributed by atoms with Gasteiger partial charge >= 0.3 is 0 Å². The van der Waals surface area contributed by atoms with Gasteiger partial charge < -0.3 is 24.8 Å². The molecule has 33 heavy (non-hydrogen) atoms. The predicted molar refractivity (Wildman–Crippen MR) is 121 cm³/mol. The topological polar surface area (TPSA) is 114 Å². The number of methoxy groups -OCH3 is 1. The maximum absolute atomic E-state index is 12.7. The number of carbonyl (C=O) groups excluding carboxylic acids is 3. The lowest BCUT2D eigenvalue weighted by Gasteiger charge is -2.24. The van der Waals surface area contributed by atoms with E-state index in [4.69, 9.17) is 9.26 Å². The molecule has 1 aromatic heterocycles. The summed E-state index contributed by atoms with van der Waals surface area (Å²) in [7, 11) is 3.30. The molecule has 2 aromatic rings. The zero-order valence-electron chi connectivity index (χ0n) is 19.4. The van der Waals surface area contributed by atoms with E-state index in [1.165, 1.54) is 0 Å². The first-order chi connectivity index (χ1) is 15.8. The van der Waals surface area contributed by atoms with Crippen LogP contribution in [0.4, 0.5) is 0 Å². The number of nitrogens with one attached hydrogen (secondary N) is 2. The van der Waals surface area contributed by atoms with Gasteiger partial charge in [0.15, 0.2) is 0 Å². The van der Waals surface area contributed by atoms with Gasteiger partial charge in [-0.05, 0) is 37.5 Å². The Morgan fingerprint density at radius 3 is 2.82 bits per heavy atom. The molecule has 0 bridgehead atoms. The summed E-state index contributed by atoms with van der Waals surface area (Å²) in [5, 5.41) is 9.78. The highest BCUT2D eigenvalue weighted by atomic mass is 16.5. The first-order valence-electron chi connectivity index (χ1n) is 11.2. The van der Waals surface area contributed by atoms with E-state index in [0.29, 0.717) is 36.6 Å². The fraction of sp³-hybridized carbons (Fsp3) is 0.500. The Balaban J connectivity index is 1.54. The summed E-state index contributed by atoms with van der Waals surface area (Å²) in [6.45, 7) is 2.46. The molecule has 1 aromatic carbocycles. The van der Waals surface area contributed by atoms with Crippen LogP contribution in [-0.2, 0) is 27.3 Å². The lowest BCUT2D eigenvalue weighted by Crippen LogP contribution is -2.44. The lowest BCUT2D eigenvalue weighted by molar-refractivity contribution is -0.135. The van der Waals surface area contributed by atoms with Crippen LogP contribution in [0.3, 0.4) is 0 Å². The molecule has 2 heterocycles. The quantitative estimate of drug-likeness (QED) is 0.659. The maximum atomic E-state index is 12.7. The summed E-state index contributed by atoms with van der Waals surface area (Å²) in [5.74, 6) is 0.582. The van der Waals surface area contributed by atoms with E-state index < -0.39 is 5.92 Å². The van der Waals surface area contributed by atoms with Gasteiger partial charge in [0.1, 0.15) is 17.2 Å². The zero-order chi connectivity index (χ0) is 23.8. The molecule has 178 valence electrons. The Morgan fingerprint density at radius 1 is 1.27 bits per heavy atom. The fourth-order valence-electron chi connectivity index (χ4n) is 4.01. The highest BCUT2D eigenvalue weighted by Gasteiger charge is 2.27. The van der Waals surface area contributed by atoms with Crippen LogP contribution in [0.15, 0.2) is 34.9 Å². The monoisotopic (exact) mass is 456 g/mol. The molecule has 0 spiro atoms. The van der Waals surface area contributed by atoms with Gasteiger partial charge in [-0.2, -0.15) is 0 Å². The van der Waals surface area contributed by atoms with Crippen LogP contribution in [0.1, 0.15) is 42.7 Å². The first kappa shape index (κ1) is 24.3. The molecule has 0 aliphatic carbocycles. The Hall–Kier alpha value is -3.36. The molecule has 3 rings (SSSR count). The maximum Gasteiger partial charge on any atom is 0.224 e. The number of amides is 3. The summed E-state index contributed by atoms with van der Waals surface area (Å²) in [6, 6.07) is 8.99. The van der Waals surface area contributed by atoms with Crippen molar-refractivity contribution in [2.75, 3.05) is 20.7 Å². The van der Waals surface area contributed by atoms with Gasteiger partial charge in [-0.25, -0.2) is 0 Å². The van der Waals surface area contributed by atoms with E-state index in [2.05, 4.69) is 15.8 Å². The van der Waals surface area contributed by atoms with Crippen LogP contribution >= 0.6 is 0 Å². The number of hydrogen-bond acceptors (Lipinski definition) is 6. The van der Waals surface area contributed by atoms with Crippen molar-refractivity contribution < 1.29 is 23.6 Å². The third-order valence-corrected chi connectivity index (χ3v) is 5.80. The largest absolute Gasteiger partial charge is 0.497 e. The number of ether oxygens (including phenoxy) is 1. The number of rotatable bonds is 7. The number of hydrogen-bond donors (Lipinski definition) is 2. The SMILES string of the molecule is COc1cccc(CC(=O)N[C@@H]2CCC[C@@H](C(=O)NCc3cc(C)on3)CC(=O)N(C)C2)c1. The van der Waals surface area contributed by atoms with Crippen LogP contribution in [0.25, 0.3) is 0 Å². The zero-order valence-corrected chi connectivity index (χ0v) is 19.4. The third kappa shape index (κ3) is 7.34. The van der Waals surface area contributed by atoms with E-state index >= 15 is 0 Å². The summed E-state index contributed by atoms with van der Waals surface area (Å²) >= 11 is 0. The van der Waals surface area contributed by atoms with Gasteiger partial charge in [0.2, 0.25) is 17.7 Å². The normalized spacial score (nSPS) is 19.2. The highest BCUT2D eigenvalue weighted by Crippen LogP contribution is 2.19. The molecule has 3 amide bonds. The molecule has 0 saturated carbocycles. The van der Waals surface area contributed by atoms with Crippen molar-refractivity contribution >= 4 is 17.7 Å². The van der Waals surface area contributed by atoms with Crippen molar-refractivity contribution in [1.29, 1.82) is 0 Å². The predicted octanol–water partition coefficient (Wildman–Crippen LogP) is 1.98. The Morgan fingerprint density at radius 2 is 2.09 bits per heavy atom. The molecule has 9 nitrogen and oxygen atoms in total. The molecule has 1 aliphatic rings. The van der Waals surface area contributed by atoms with Crippen molar-refractivity contribution in [2.45, 2.75) is 51.6 Å². The van der Waals surface area contributed by atoms with Crippen LogP contribution in [0.5, 0.6) is 5.75 Å². The molecule has 1 fully saturated rings. The van der Waals surface area contributed by atoms with Gasteiger partial charge in [0.05, 0.1) is 20.1 Å². The summed E-state index contributed by atoms with van der Waals surface area (Å²) < 4.78 is 10.2. The molecule has 9 heteroatoms. The molecule has 1 aliphatic heterocycles. The van der Waals surface area contributed by atoms with E-state index in [1.807, 2.05) is 24.3 Å². The first-order valence-corrected chi connectivity index (χ1v) is 11.2. The number of aromatic nitrogens is 1. The number of likely N-dealkylation sites (N-methyl/N-ethyl adjacent to an activating group) is 1. The van der Waals surface area contributed by atoms with Crippen LogP contribution in [0.2, 0.25) is 0 Å². The van der Waals surface area contributed by atoms with Gasteiger partial charge in [-0.3, -0.25) is 14.4 Å². The Labute approximate surface area is 193 Å². The van der Waals surface area contributed by atoms with E-state index in [-0.39, 0.29) is 43.1 Å². The highest BCUT2D eigenvalue weighted by molar-refractivity contribution is 5.86. The molecule has 1 saturated heterocycles. The van der Waals surface area contributed by atoms with E-state index in [0.717, 1.165) is 12.0 Å². The second kappa shape index (κ2) is 11.5. The number of benzene rings is 1. The second-order valence-electron chi connectivity index (χ2n) is 8.55. The Bertz CT molecular complexity index is 973. The number of nitrogens with zero attached hydrogens (tertiary/aromatic N) is 2. The molecule has 0 radical (unpaired) electrons. The van der Waals surface area contributed by atoms with Crippen molar-refractivity contribution in [3.63, 3.8) is 0 Å². The molecular formula is C24H32N4O5. The Kier molecular flexibility index (Phi) is 8.46. The van der Waals surface area contributed by atoms with Gasteiger partial charge in [0.25, 0.3) is 0 Å². The van der Waals surface area contributed by atoms with Gasteiger partial charge in [0, 0.05) is 38.0 Å². The van der Waals surface area contributed by atoms with Crippen LogP contribution in [0, 0.1) is 12.8 Å². The minimum absolute atomic E-state index is 0.106. The molecular weight excluding hydrogens is 424 g/mol. The minimum Gasteiger partial charge on any atom is -0.497 e. The van der Waals surface area contributed by atoms with Crippen molar-refractivity contribution in [3.05, 3.63) is 47.3 Å². The standard InChI is InChI=1S/C24H32N4O5/c1-16-10-20(27-33-16)14-25-24(31)18-7-5-8-19(15-28(2)23(30)13-18)26-22(29)12-17-6-4-9-21(11-17)32-3/h4,6,9-11,18-19H,5,7-8,12-15H2,1-3H3,(H,25,31)(H,26,29)/t18-,19-/m1/s1. The van der Waals surface area contributed by atoms with Crippen molar-refractivity contribution in [2.24, 2.45) is 5.92 Å². The summed E-state index contributed by atoms with van der Waals surface area (Å²) in [5.41, 5.74) is 1.50. The fourth-order valence-corrected chi connectivity index (χ4v) is 4.01. The smallest absolute Gasteiger partial charge is 0.224 e. The van der Waals surface area contributed by atoms with Crippen LogP contribution in [-0.4, -0.2) is 54.5 Å². The van der Waals surface area contributed by atoms with Crippen molar-refractivity contribution in [3.8, 4) is 5.75 Å².